The summed E-state index contributed by atoms with van der Waals surface area (Å²) in [4.78, 5) is 21.0. The van der Waals surface area contributed by atoms with Gasteiger partial charge >= 0.3 is 0 Å². The first kappa shape index (κ1) is 14.7. The molecular weight excluding hydrogens is 264 g/mol. The Bertz CT molecular complexity index is 609. The van der Waals surface area contributed by atoms with Crippen LogP contribution < -0.4 is 10.9 Å². The molecule has 6 N–H and O–H groups in total. The molecule has 2 heterocycles. The number of nitrogens with zero attached hydrogens (tertiary/aromatic N) is 1. The quantitative estimate of drug-likeness (QED) is 0.358. The highest BCUT2D eigenvalue weighted by Gasteiger charge is 2.17. The lowest BCUT2D eigenvalue weighted by atomic mass is 10.0. The predicted molar refractivity (Wildman–Crippen MR) is 72.1 cm³/mol. The first-order valence-corrected chi connectivity index (χ1v) is 6.31. The van der Waals surface area contributed by atoms with Gasteiger partial charge in [0.15, 0.2) is 0 Å². The van der Waals surface area contributed by atoms with Gasteiger partial charge in [-0.25, -0.2) is 4.98 Å². The van der Waals surface area contributed by atoms with E-state index in [0.717, 1.165) is 5.56 Å². The molecule has 110 valence electrons. The van der Waals surface area contributed by atoms with Crippen molar-refractivity contribution >= 4 is 11.0 Å². The Hall–Kier alpha value is -1.74. The Morgan fingerprint density at radius 1 is 1.30 bits per heavy atom. The van der Waals surface area contributed by atoms with Gasteiger partial charge in [-0.1, -0.05) is 0 Å². The fourth-order valence-corrected chi connectivity index (χ4v) is 2.00. The van der Waals surface area contributed by atoms with Crippen molar-refractivity contribution in [2.24, 2.45) is 5.92 Å². The van der Waals surface area contributed by atoms with Gasteiger partial charge in [-0.3, -0.25) is 4.79 Å². The van der Waals surface area contributed by atoms with E-state index in [0.29, 0.717) is 24.1 Å². The van der Waals surface area contributed by atoms with Gasteiger partial charge in [0.05, 0.1) is 24.6 Å². The zero-order chi connectivity index (χ0) is 14.5. The van der Waals surface area contributed by atoms with Crippen LogP contribution in [0.5, 0.6) is 0 Å². The number of aliphatic hydroxyl groups excluding tert-OH is 3. The summed E-state index contributed by atoms with van der Waals surface area (Å²) in [6.45, 7) is 0.163. The van der Waals surface area contributed by atoms with E-state index in [1.807, 2.05) is 0 Å². The number of aromatic amines is 2. The third-order valence-electron chi connectivity index (χ3n) is 3.24. The maximum atomic E-state index is 11.5. The molecule has 8 heteroatoms. The number of rotatable bonds is 7. The molecule has 20 heavy (non-hydrogen) atoms. The van der Waals surface area contributed by atoms with E-state index in [2.05, 4.69) is 20.3 Å². The molecule has 0 aliphatic rings. The van der Waals surface area contributed by atoms with Gasteiger partial charge in [-0.05, 0) is 0 Å². The SMILES string of the molecule is O=c1[nH]cnc2c(CNC[C@H](CO)[C@H](O)CO)c[nH]c12. The molecule has 8 nitrogen and oxygen atoms in total. The van der Waals surface area contributed by atoms with E-state index < -0.39 is 18.6 Å². The molecule has 2 rings (SSSR count). The largest absolute Gasteiger partial charge is 0.396 e. The number of nitrogens with one attached hydrogen (secondary N) is 3. The Morgan fingerprint density at radius 2 is 2.10 bits per heavy atom. The van der Waals surface area contributed by atoms with E-state index in [4.69, 9.17) is 10.2 Å². The summed E-state index contributed by atoms with van der Waals surface area (Å²) in [5.74, 6) is -0.443. The molecule has 2 aromatic rings. The highest BCUT2D eigenvalue weighted by atomic mass is 16.3. The molecule has 0 aliphatic carbocycles. The summed E-state index contributed by atoms with van der Waals surface area (Å²) in [7, 11) is 0. The molecule has 0 amide bonds. The van der Waals surface area contributed by atoms with Gasteiger partial charge in [0.2, 0.25) is 0 Å². The first-order valence-electron chi connectivity index (χ1n) is 6.31. The maximum absolute atomic E-state index is 11.5. The summed E-state index contributed by atoms with van der Waals surface area (Å²) < 4.78 is 0. The van der Waals surface area contributed by atoms with Crippen LogP contribution in [0.3, 0.4) is 0 Å². The average Bonchev–Trinajstić information content (AvgIpc) is 2.87. The number of H-pyrrole nitrogens is 2. The number of aromatic nitrogens is 3. The van der Waals surface area contributed by atoms with E-state index in [1.165, 1.54) is 6.33 Å². The summed E-state index contributed by atoms with van der Waals surface area (Å²) in [6, 6.07) is 0. The number of hydrogen-bond donors (Lipinski definition) is 6. The fourth-order valence-electron chi connectivity index (χ4n) is 2.00. The third-order valence-corrected chi connectivity index (χ3v) is 3.24. The number of aliphatic hydroxyl groups is 3. The molecule has 0 fully saturated rings. The number of hydrogen-bond acceptors (Lipinski definition) is 6. The normalized spacial score (nSPS) is 14.6. The van der Waals surface area contributed by atoms with Gasteiger partial charge in [-0.2, -0.15) is 0 Å². The average molecular weight is 282 g/mol. The van der Waals surface area contributed by atoms with E-state index >= 15 is 0 Å². The minimum absolute atomic E-state index is 0.222. The molecule has 0 radical (unpaired) electrons. The van der Waals surface area contributed by atoms with E-state index in [-0.39, 0.29) is 12.2 Å². The molecule has 0 aliphatic heterocycles. The summed E-state index contributed by atoms with van der Waals surface area (Å²) in [5, 5.41) is 30.5. The van der Waals surface area contributed by atoms with E-state index in [9.17, 15) is 9.90 Å². The zero-order valence-corrected chi connectivity index (χ0v) is 10.8. The molecular formula is C12H18N4O4. The lowest BCUT2D eigenvalue weighted by Gasteiger charge is -2.19. The molecule has 2 atom stereocenters. The lowest BCUT2D eigenvalue weighted by Crippen LogP contribution is -2.35. The van der Waals surface area contributed by atoms with Crippen LogP contribution in [0.1, 0.15) is 5.56 Å². The lowest BCUT2D eigenvalue weighted by molar-refractivity contribution is 0.0228. The highest BCUT2D eigenvalue weighted by molar-refractivity contribution is 5.77. The Labute approximate surface area is 114 Å². The summed E-state index contributed by atoms with van der Waals surface area (Å²) in [5.41, 5.74) is 1.59. The molecule has 0 unspecified atom stereocenters. The zero-order valence-electron chi connectivity index (χ0n) is 10.8. The molecule has 0 saturated carbocycles. The Kier molecular flexibility index (Phi) is 4.85. The highest BCUT2D eigenvalue weighted by Crippen LogP contribution is 2.11. The monoisotopic (exact) mass is 282 g/mol. The van der Waals surface area contributed by atoms with Gasteiger partial charge in [0.1, 0.15) is 5.52 Å². The molecule has 2 aromatic heterocycles. The fraction of sp³-hybridized carbons (Fsp3) is 0.500. The minimum Gasteiger partial charge on any atom is -0.396 e. The van der Waals surface area contributed by atoms with Gasteiger partial charge in [-0.15, -0.1) is 0 Å². The van der Waals surface area contributed by atoms with Crippen molar-refractivity contribution in [3.05, 3.63) is 28.4 Å². The van der Waals surface area contributed by atoms with Crippen molar-refractivity contribution < 1.29 is 15.3 Å². The van der Waals surface area contributed by atoms with Crippen LogP contribution in [0, 0.1) is 5.92 Å². The van der Waals surface area contributed by atoms with Crippen molar-refractivity contribution in [1.82, 2.24) is 20.3 Å². The smallest absolute Gasteiger partial charge is 0.275 e. The van der Waals surface area contributed by atoms with Gasteiger partial charge in [0, 0.05) is 37.4 Å². The maximum Gasteiger partial charge on any atom is 0.275 e. The second-order valence-corrected chi connectivity index (χ2v) is 4.59. The third kappa shape index (κ3) is 3.05. The molecule has 0 saturated heterocycles. The number of fused-ring (bicyclic) bond motifs is 1. The van der Waals surface area contributed by atoms with Crippen LogP contribution in [-0.4, -0.2) is 56.1 Å². The van der Waals surface area contributed by atoms with Crippen molar-refractivity contribution in [1.29, 1.82) is 0 Å². The van der Waals surface area contributed by atoms with E-state index in [1.54, 1.807) is 6.20 Å². The molecule has 0 spiro atoms. The van der Waals surface area contributed by atoms with Crippen molar-refractivity contribution in [2.75, 3.05) is 19.8 Å². The van der Waals surface area contributed by atoms with Crippen LogP contribution in [0.4, 0.5) is 0 Å². The second kappa shape index (κ2) is 6.62. The summed E-state index contributed by atoms with van der Waals surface area (Å²) >= 11 is 0. The topological polar surface area (TPSA) is 134 Å². The summed E-state index contributed by atoms with van der Waals surface area (Å²) in [6.07, 6.45) is 2.07. The minimum atomic E-state index is -0.962. The second-order valence-electron chi connectivity index (χ2n) is 4.59. The molecule has 0 aromatic carbocycles. The van der Waals surface area contributed by atoms with Crippen molar-refractivity contribution in [2.45, 2.75) is 12.6 Å². The van der Waals surface area contributed by atoms with Crippen molar-refractivity contribution in [3.63, 3.8) is 0 Å². The van der Waals surface area contributed by atoms with Crippen LogP contribution in [0.25, 0.3) is 11.0 Å². The van der Waals surface area contributed by atoms with Gasteiger partial charge < -0.3 is 30.6 Å². The standard InChI is InChI=1S/C12H18N4O4/c17-4-8(9(19)5-18)2-13-1-7-3-14-11-10(7)15-6-16-12(11)20/h3,6,8-9,13-14,17-19H,1-2,4-5H2,(H,15,16,20)/t8-,9-/m1/s1. The Balaban J connectivity index is 2.00. The Morgan fingerprint density at radius 3 is 2.80 bits per heavy atom. The van der Waals surface area contributed by atoms with Crippen molar-refractivity contribution in [3.8, 4) is 0 Å². The molecule has 0 bridgehead atoms. The van der Waals surface area contributed by atoms with Crippen LogP contribution in [0.2, 0.25) is 0 Å². The first-order chi connectivity index (χ1) is 9.67. The van der Waals surface area contributed by atoms with Crippen LogP contribution in [0.15, 0.2) is 17.3 Å². The van der Waals surface area contributed by atoms with Crippen LogP contribution >= 0.6 is 0 Å². The van der Waals surface area contributed by atoms with Gasteiger partial charge in [0.25, 0.3) is 5.56 Å². The predicted octanol–water partition coefficient (Wildman–Crippen LogP) is -1.70. The van der Waals surface area contributed by atoms with Crippen LogP contribution in [-0.2, 0) is 6.54 Å².